The van der Waals surface area contributed by atoms with Crippen molar-refractivity contribution in [3.05, 3.63) is 47.3 Å². The van der Waals surface area contributed by atoms with E-state index >= 15 is 0 Å². The van der Waals surface area contributed by atoms with E-state index in [1.807, 2.05) is 19.9 Å². The van der Waals surface area contributed by atoms with E-state index in [9.17, 15) is 9.59 Å². The van der Waals surface area contributed by atoms with Crippen LogP contribution in [0.1, 0.15) is 47.6 Å². The van der Waals surface area contributed by atoms with Crippen LogP contribution in [0.2, 0.25) is 0 Å². The Labute approximate surface area is 153 Å². The van der Waals surface area contributed by atoms with Crippen LogP contribution < -0.4 is 10.1 Å². The first-order valence-electron chi connectivity index (χ1n) is 8.75. The molecule has 2 aromatic rings. The summed E-state index contributed by atoms with van der Waals surface area (Å²) in [7, 11) is 1.56. The van der Waals surface area contributed by atoms with Gasteiger partial charge in [-0.2, -0.15) is 0 Å². The quantitative estimate of drug-likeness (QED) is 0.803. The topological polar surface area (TPSA) is 69.6 Å². The Morgan fingerprint density at radius 2 is 1.96 bits per heavy atom. The number of esters is 1. The number of aromatic nitrogens is 1. The molecule has 1 N–H and O–H groups in total. The van der Waals surface area contributed by atoms with E-state index in [0.717, 1.165) is 24.2 Å². The number of amides is 1. The molecule has 0 bridgehead atoms. The largest absolute Gasteiger partial charge is 0.497 e. The molecule has 1 aromatic carbocycles. The van der Waals surface area contributed by atoms with Crippen LogP contribution in [0.25, 0.3) is 0 Å². The average Bonchev–Trinajstić information content (AvgIpc) is 3.39. The van der Waals surface area contributed by atoms with E-state index in [-0.39, 0.29) is 5.91 Å². The van der Waals surface area contributed by atoms with Crippen LogP contribution in [0.15, 0.2) is 30.3 Å². The van der Waals surface area contributed by atoms with Gasteiger partial charge in [-0.3, -0.25) is 4.79 Å². The monoisotopic (exact) mass is 356 g/mol. The van der Waals surface area contributed by atoms with E-state index in [1.165, 1.54) is 0 Å². The molecule has 1 heterocycles. The zero-order chi connectivity index (χ0) is 18.8. The highest BCUT2D eigenvalue weighted by atomic mass is 16.5. The molecule has 0 spiro atoms. The number of ether oxygens (including phenoxy) is 2. The summed E-state index contributed by atoms with van der Waals surface area (Å²) in [5, 5.41) is 2.73. The number of aryl methyl sites for hydroxylation is 1. The van der Waals surface area contributed by atoms with Crippen molar-refractivity contribution in [2.45, 2.75) is 45.8 Å². The Balaban J connectivity index is 1.65. The summed E-state index contributed by atoms with van der Waals surface area (Å²) in [6.07, 6.45) is 1.38. The minimum atomic E-state index is -0.905. The van der Waals surface area contributed by atoms with Gasteiger partial charge in [0.2, 0.25) is 0 Å². The Kier molecular flexibility index (Phi) is 5.02. The predicted molar refractivity (Wildman–Crippen MR) is 98.7 cm³/mol. The number of hydrogen-bond acceptors (Lipinski definition) is 4. The summed E-state index contributed by atoms with van der Waals surface area (Å²) < 4.78 is 12.7. The molecule has 0 aliphatic heterocycles. The first-order chi connectivity index (χ1) is 12.4. The molecule has 138 valence electrons. The third-order valence-corrected chi connectivity index (χ3v) is 4.61. The summed E-state index contributed by atoms with van der Waals surface area (Å²) in [5.41, 5.74) is 3.06. The summed E-state index contributed by atoms with van der Waals surface area (Å²) in [4.78, 5) is 24.8. The minimum Gasteiger partial charge on any atom is -0.497 e. The van der Waals surface area contributed by atoms with Gasteiger partial charge in [0.25, 0.3) is 5.91 Å². The third-order valence-electron chi connectivity index (χ3n) is 4.61. The zero-order valence-electron chi connectivity index (χ0n) is 15.5. The second-order valence-corrected chi connectivity index (χ2v) is 6.65. The van der Waals surface area contributed by atoms with Gasteiger partial charge in [0.15, 0.2) is 6.10 Å². The highest BCUT2D eigenvalue weighted by Crippen LogP contribution is 2.38. The molecule has 1 aliphatic rings. The molecule has 26 heavy (non-hydrogen) atoms. The van der Waals surface area contributed by atoms with Gasteiger partial charge in [0.1, 0.15) is 5.75 Å². The Morgan fingerprint density at radius 3 is 2.62 bits per heavy atom. The van der Waals surface area contributed by atoms with Crippen LogP contribution in [-0.2, 0) is 9.53 Å². The number of rotatable bonds is 6. The van der Waals surface area contributed by atoms with Crippen LogP contribution in [-0.4, -0.2) is 29.7 Å². The summed E-state index contributed by atoms with van der Waals surface area (Å²) in [6, 6.07) is 9.34. The number of hydrogen-bond donors (Lipinski definition) is 1. The van der Waals surface area contributed by atoms with Gasteiger partial charge in [-0.05, 0) is 51.8 Å². The van der Waals surface area contributed by atoms with E-state index in [4.69, 9.17) is 9.47 Å². The van der Waals surface area contributed by atoms with E-state index in [1.54, 1.807) is 38.3 Å². The lowest BCUT2D eigenvalue weighted by atomic mass is 10.2. The molecular formula is C20H24N2O4. The maximum atomic E-state index is 12.5. The van der Waals surface area contributed by atoms with E-state index in [2.05, 4.69) is 9.88 Å². The molecule has 0 unspecified atom stereocenters. The van der Waals surface area contributed by atoms with Crippen LogP contribution in [0.3, 0.4) is 0 Å². The predicted octanol–water partition coefficient (Wildman–Crippen LogP) is 3.63. The maximum absolute atomic E-state index is 12.5. The highest BCUT2D eigenvalue weighted by Gasteiger charge is 2.29. The molecule has 6 nitrogen and oxygen atoms in total. The lowest BCUT2D eigenvalue weighted by Gasteiger charge is -2.14. The second-order valence-electron chi connectivity index (χ2n) is 6.65. The van der Waals surface area contributed by atoms with E-state index < -0.39 is 12.1 Å². The third kappa shape index (κ3) is 3.74. The number of anilines is 1. The van der Waals surface area contributed by atoms with Gasteiger partial charge >= 0.3 is 5.97 Å². The van der Waals surface area contributed by atoms with Gasteiger partial charge in [-0.15, -0.1) is 0 Å². The van der Waals surface area contributed by atoms with Crippen molar-refractivity contribution in [2.24, 2.45) is 0 Å². The number of carbonyl (C=O) groups excluding carboxylic acids is 2. The first kappa shape index (κ1) is 18.0. The summed E-state index contributed by atoms with van der Waals surface area (Å²) >= 11 is 0. The average molecular weight is 356 g/mol. The van der Waals surface area contributed by atoms with Gasteiger partial charge in [-0.1, -0.05) is 6.07 Å². The number of carbonyl (C=O) groups is 2. The molecule has 0 saturated heterocycles. The Bertz CT molecular complexity index is 836. The lowest BCUT2D eigenvalue weighted by Crippen LogP contribution is -2.30. The zero-order valence-corrected chi connectivity index (χ0v) is 15.5. The smallest absolute Gasteiger partial charge is 0.340 e. The fraction of sp³-hybridized carbons (Fsp3) is 0.400. The summed E-state index contributed by atoms with van der Waals surface area (Å²) in [6.45, 7) is 5.47. The number of nitrogens with one attached hydrogen (secondary N) is 1. The van der Waals surface area contributed by atoms with Crippen molar-refractivity contribution in [2.75, 3.05) is 12.4 Å². The van der Waals surface area contributed by atoms with Crippen molar-refractivity contribution in [3.63, 3.8) is 0 Å². The second kappa shape index (κ2) is 7.23. The van der Waals surface area contributed by atoms with Crippen molar-refractivity contribution in [1.82, 2.24) is 4.57 Å². The van der Waals surface area contributed by atoms with Crippen molar-refractivity contribution < 1.29 is 19.1 Å². The van der Waals surface area contributed by atoms with Crippen LogP contribution >= 0.6 is 0 Å². The lowest BCUT2D eigenvalue weighted by molar-refractivity contribution is -0.123. The minimum absolute atomic E-state index is 0.386. The molecule has 6 heteroatoms. The van der Waals surface area contributed by atoms with Crippen molar-refractivity contribution in [3.8, 4) is 5.75 Å². The molecule has 1 aromatic heterocycles. The van der Waals surface area contributed by atoms with Gasteiger partial charge in [0, 0.05) is 29.2 Å². The maximum Gasteiger partial charge on any atom is 0.340 e. The molecule has 1 saturated carbocycles. The van der Waals surface area contributed by atoms with Crippen LogP contribution in [0.5, 0.6) is 5.75 Å². The number of methoxy groups -OCH3 is 1. The molecule has 1 atom stereocenters. The molecule has 1 fully saturated rings. The standard InChI is InChI=1S/C20H24N2O4/c1-12-10-18(13(2)22(12)16-8-9-16)20(24)26-14(3)19(23)21-15-6-5-7-17(11-15)25-4/h5-7,10-11,14,16H,8-9H2,1-4H3,(H,21,23)/t14-/m1/s1. The molecule has 1 amide bonds. The number of benzene rings is 1. The highest BCUT2D eigenvalue weighted by molar-refractivity contribution is 5.98. The van der Waals surface area contributed by atoms with Gasteiger partial charge < -0.3 is 19.4 Å². The van der Waals surface area contributed by atoms with Gasteiger partial charge in [0.05, 0.1) is 12.7 Å². The fourth-order valence-corrected chi connectivity index (χ4v) is 3.10. The molecular weight excluding hydrogens is 332 g/mol. The normalized spacial score (nSPS) is 14.6. The Hall–Kier alpha value is -2.76. The molecule has 3 rings (SSSR count). The first-order valence-corrected chi connectivity index (χ1v) is 8.75. The number of nitrogens with zero attached hydrogens (tertiary/aromatic N) is 1. The van der Waals surface area contributed by atoms with Crippen LogP contribution in [0, 0.1) is 13.8 Å². The van der Waals surface area contributed by atoms with Crippen LogP contribution in [0.4, 0.5) is 5.69 Å². The molecule has 1 aliphatic carbocycles. The Morgan fingerprint density at radius 1 is 1.23 bits per heavy atom. The summed E-state index contributed by atoms with van der Waals surface area (Å²) in [5.74, 6) is -0.221. The fourth-order valence-electron chi connectivity index (χ4n) is 3.10. The van der Waals surface area contributed by atoms with Crippen molar-refractivity contribution >= 4 is 17.6 Å². The van der Waals surface area contributed by atoms with E-state index in [0.29, 0.717) is 23.0 Å². The van der Waals surface area contributed by atoms with Gasteiger partial charge in [-0.25, -0.2) is 4.79 Å². The molecule has 0 radical (unpaired) electrons. The van der Waals surface area contributed by atoms with Crippen molar-refractivity contribution in [1.29, 1.82) is 0 Å². The SMILES string of the molecule is COc1cccc(NC(=O)[C@@H](C)OC(=O)c2cc(C)n(C3CC3)c2C)c1.